The van der Waals surface area contributed by atoms with E-state index in [0.717, 1.165) is 51.0 Å². The van der Waals surface area contributed by atoms with Gasteiger partial charge in [-0.05, 0) is 42.2 Å². The first kappa shape index (κ1) is 19.7. The molecule has 0 bridgehead atoms. The zero-order valence-corrected chi connectivity index (χ0v) is 17.8. The van der Waals surface area contributed by atoms with Crippen LogP contribution in [-0.4, -0.2) is 31.7 Å². The summed E-state index contributed by atoms with van der Waals surface area (Å²) in [6.45, 7) is 4.50. The van der Waals surface area contributed by atoms with E-state index in [4.69, 9.17) is 4.74 Å². The summed E-state index contributed by atoms with van der Waals surface area (Å²) in [5.74, 6) is 0. The minimum absolute atomic E-state index is 0.193. The Labute approximate surface area is 179 Å². The van der Waals surface area contributed by atoms with Gasteiger partial charge in [-0.3, -0.25) is 9.48 Å². The van der Waals surface area contributed by atoms with E-state index in [9.17, 15) is 9.90 Å². The van der Waals surface area contributed by atoms with Gasteiger partial charge < -0.3 is 9.84 Å². The number of nitrogens with zero attached hydrogens (tertiary/aromatic N) is 3. The van der Waals surface area contributed by atoms with E-state index in [-0.39, 0.29) is 12.2 Å². The van der Waals surface area contributed by atoms with Crippen LogP contribution in [0.5, 0.6) is 0 Å². The fourth-order valence-corrected chi connectivity index (χ4v) is 4.52. The van der Waals surface area contributed by atoms with Gasteiger partial charge in [0.2, 0.25) is 0 Å². The van der Waals surface area contributed by atoms with Crippen molar-refractivity contribution in [3.05, 3.63) is 69.8 Å². The number of hydrogen-bond donors (Lipinski definition) is 2. The van der Waals surface area contributed by atoms with E-state index >= 15 is 0 Å². The van der Waals surface area contributed by atoms with Crippen LogP contribution in [0.1, 0.15) is 30.7 Å². The molecule has 1 aliphatic heterocycles. The minimum atomic E-state index is -1.03. The average molecular weight is 416 g/mol. The summed E-state index contributed by atoms with van der Waals surface area (Å²) < 4.78 is 7.55. The monoisotopic (exact) mass is 416 g/mol. The van der Waals surface area contributed by atoms with Crippen LogP contribution < -0.4 is 5.56 Å². The second-order valence-corrected chi connectivity index (χ2v) is 8.24. The zero-order chi connectivity index (χ0) is 21.8. The molecule has 0 radical (unpaired) electrons. The van der Waals surface area contributed by atoms with Gasteiger partial charge in [-0.25, -0.2) is 5.10 Å². The first-order chi connectivity index (χ1) is 14.9. The molecule has 0 saturated carbocycles. The zero-order valence-electron chi connectivity index (χ0n) is 17.8. The molecule has 1 atom stereocenters. The highest BCUT2D eigenvalue weighted by Gasteiger charge is 2.32. The molecule has 0 fully saturated rings. The van der Waals surface area contributed by atoms with Crippen molar-refractivity contribution in [3.8, 4) is 22.4 Å². The molecular formula is C24H24N4O3. The van der Waals surface area contributed by atoms with Gasteiger partial charge in [0.15, 0.2) is 0 Å². The number of fused-ring (bicyclic) bond motifs is 2. The Morgan fingerprint density at radius 2 is 2.06 bits per heavy atom. The first-order valence-corrected chi connectivity index (χ1v) is 10.4. The van der Waals surface area contributed by atoms with E-state index in [2.05, 4.69) is 15.3 Å². The summed E-state index contributed by atoms with van der Waals surface area (Å²) in [7, 11) is 1.91. The van der Waals surface area contributed by atoms with E-state index in [1.807, 2.05) is 61.2 Å². The van der Waals surface area contributed by atoms with Crippen LogP contribution in [-0.2, 0) is 30.4 Å². The van der Waals surface area contributed by atoms with Crippen LogP contribution in [0.4, 0.5) is 0 Å². The molecule has 2 aromatic carbocycles. The third-order valence-electron chi connectivity index (χ3n) is 6.09. The Morgan fingerprint density at radius 1 is 1.23 bits per heavy atom. The highest BCUT2D eigenvalue weighted by Crippen LogP contribution is 2.40. The van der Waals surface area contributed by atoms with Crippen LogP contribution in [0.15, 0.2) is 47.4 Å². The molecule has 0 amide bonds. The number of benzene rings is 2. The predicted octanol–water partition coefficient (Wildman–Crippen LogP) is 3.29. The average Bonchev–Trinajstić information content (AvgIpc) is 3.14. The fraction of sp³-hybridized carbons (Fsp3) is 0.292. The number of aromatic nitrogens is 4. The van der Waals surface area contributed by atoms with Crippen molar-refractivity contribution in [2.75, 3.05) is 6.61 Å². The van der Waals surface area contributed by atoms with E-state index < -0.39 is 5.60 Å². The highest BCUT2D eigenvalue weighted by atomic mass is 16.5. The summed E-state index contributed by atoms with van der Waals surface area (Å²) in [6, 6.07) is 11.8. The Kier molecular flexibility index (Phi) is 4.53. The lowest BCUT2D eigenvalue weighted by molar-refractivity contribution is -0.0601. The van der Waals surface area contributed by atoms with E-state index in [1.165, 1.54) is 0 Å². The second kappa shape index (κ2) is 7.14. The van der Waals surface area contributed by atoms with Gasteiger partial charge in [-0.15, -0.1) is 0 Å². The Hall–Kier alpha value is -3.29. The first-order valence-electron chi connectivity index (χ1n) is 10.4. The predicted molar refractivity (Wildman–Crippen MR) is 119 cm³/mol. The molecule has 1 aliphatic rings. The van der Waals surface area contributed by atoms with Crippen LogP contribution in [0.2, 0.25) is 0 Å². The molecule has 7 heteroatoms. The Balaban J connectivity index is 1.74. The SMILES string of the molecule is CCc1n[nH]c(=O)c2ccc(-c3cnn(C)c3-c3cccc4c3COC[C@]4(C)O)cc12. The van der Waals surface area contributed by atoms with Crippen LogP contribution in [0.25, 0.3) is 33.2 Å². The van der Waals surface area contributed by atoms with Gasteiger partial charge in [-0.1, -0.05) is 31.2 Å². The van der Waals surface area contributed by atoms with Crippen LogP contribution in [0.3, 0.4) is 0 Å². The van der Waals surface area contributed by atoms with Crippen molar-refractivity contribution in [1.82, 2.24) is 20.0 Å². The molecule has 2 N–H and O–H groups in total. The summed E-state index contributed by atoms with van der Waals surface area (Å²) in [6.07, 6.45) is 2.55. The molecule has 2 aromatic heterocycles. The molecule has 0 unspecified atom stereocenters. The molecule has 0 spiro atoms. The van der Waals surface area contributed by atoms with Crippen molar-refractivity contribution < 1.29 is 9.84 Å². The van der Waals surface area contributed by atoms with Gasteiger partial charge in [0.25, 0.3) is 5.56 Å². The van der Waals surface area contributed by atoms with Crippen molar-refractivity contribution in [2.24, 2.45) is 7.05 Å². The van der Waals surface area contributed by atoms with Gasteiger partial charge in [0.1, 0.15) is 5.60 Å². The lowest BCUT2D eigenvalue weighted by Crippen LogP contribution is -2.33. The van der Waals surface area contributed by atoms with E-state index in [1.54, 1.807) is 6.92 Å². The Bertz CT molecular complexity index is 1370. The topological polar surface area (TPSA) is 93.0 Å². The number of H-pyrrole nitrogens is 1. The second-order valence-electron chi connectivity index (χ2n) is 8.24. The molecule has 0 saturated heterocycles. The number of hydrogen-bond acceptors (Lipinski definition) is 5. The highest BCUT2D eigenvalue weighted by molar-refractivity contribution is 5.91. The molecule has 0 aliphatic carbocycles. The maximum Gasteiger partial charge on any atom is 0.272 e. The molecule has 31 heavy (non-hydrogen) atoms. The van der Waals surface area contributed by atoms with Crippen molar-refractivity contribution >= 4 is 10.8 Å². The number of aliphatic hydroxyl groups is 1. The van der Waals surface area contributed by atoms with Crippen molar-refractivity contribution in [2.45, 2.75) is 32.5 Å². The van der Waals surface area contributed by atoms with Gasteiger partial charge >= 0.3 is 0 Å². The smallest absolute Gasteiger partial charge is 0.272 e. The van der Waals surface area contributed by atoms with Gasteiger partial charge in [0, 0.05) is 23.6 Å². The largest absolute Gasteiger partial charge is 0.383 e. The molecular weight excluding hydrogens is 392 g/mol. The number of aromatic amines is 1. The number of rotatable bonds is 3. The lowest BCUT2D eigenvalue weighted by atomic mass is 9.86. The molecule has 5 rings (SSSR count). The summed E-state index contributed by atoms with van der Waals surface area (Å²) in [5, 5.41) is 23.6. The number of ether oxygens (including phenoxy) is 1. The third-order valence-corrected chi connectivity index (χ3v) is 6.09. The molecule has 4 aromatic rings. The summed E-state index contributed by atoms with van der Waals surface area (Å²) in [4.78, 5) is 12.2. The standard InChI is InChI=1S/C24H24N4O3/c1-4-21-17-10-14(8-9-16(17)23(29)27-26-21)18-11-25-28(3)22(18)15-6-5-7-20-19(15)12-31-13-24(20,2)30/h5-11,30H,4,12-13H2,1-3H3,(H,27,29)/t24-/m0/s1. The fourth-order valence-electron chi connectivity index (χ4n) is 4.52. The van der Waals surface area contributed by atoms with Crippen molar-refractivity contribution in [1.29, 1.82) is 0 Å². The normalized spacial score (nSPS) is 18.3. The quantitative estimate of drug-likeness (QED) is 0.535. The number of nitrogens with one attached hydrogen (secondary N) is 1. The summed E-state index contributed by atoms with van der Waals surface area (Å²) in [5.41, 5.74) is 5.30. The molecule has 7 nitrogen and oxygen atoms in total. The van der Waals surface area contributed by atoms with Gasteiger partial charge in [0.05, 0.1) is 36.2 Å². The number of aryl methyl sites for hydroxylation is 2. The third kappa shape index (κ3) is 3.08. The summed E-state index contributed by atoms with van der Waals surface area (Å²) >= 11 is 0. The maximum absolute atomic E-state index is 12.2. The van der Waals surface area contributed by atoms with Gasteiger partial charge in [-0.2, -0.15) is 10.2 Å². The Morgan fingerprint density at radius 3 is 2.87 bits per heavy atom. The van der Waals surface area contributed by atoms with Crippen LogP contribution >= 0.6 is 0 Å². The van der Waals surface area contributed by atoms with Crippen LogP contribution in [0, 0.1) is 0 Å². The maximum atomic E-state index is 12.2. The lowest BCUT2D eigenvalue weighted by Gasteiger charge is -2.32. The minimum Gasteiger partial charge on any atom is -0.383 e. The van der Waals surface area contributed by atoms with Crippen molar-refractivity contribution in [3.63, 3.8) is 0 Å². The molecule has 3 heterocycles. The van der Waals surface area contributed by atoms with E-state index in [0.29, 0.717) is 12.0 Å². The molecule has 158 valence electrons.